The van der Waals surface area contributed by atoms with Gasteiger partial charge >= 0.3 is 17.9 Å². The maximum Gasteiger partial charge on any atom is 0.306 e. The van der Waals surface area contributed by atoms with E-state index in [-0.39, 0.29) is 31.1 Å². The summed E-state index contributed by atoms with van der Waals surface area (Å²) in [6, 6.07) is 0. The van der Waals surface area contributed by atoms with Gasteiger partial charge in [0.05, 0.1) is 0 Å². The first-order valence-corrected chi connectivity index (χ1v) is 36.3. The van der Waals surface area contributed by atoms with Gasteiger partial charge in [0.25, 0.3) is 0 Å². The van der Waals surface area contributed by atoms with Gasteiger partial charge in [-0.15, -0.1) is 0 Å². The number of carbonyl (C=O) groups excluding carboxylic acids is 3. The van der Waals surface area contributed by atoms with Crippen molar-refractivity contribution in [3.63, 3.8) is 0 Å². The van der Waals surface area contributed by atoms with Crippen LogP contribution in [0.5, 0.6) is 0 Å². The van der Waals surface area contributed by atoms with Crippen molar-refractivity contribution >= 4 is 17.9 Å². The van der Waals surface area contributed by atoms with Gasteiger partial charge in [0.1, 0.15) is 13.2 Å². The molecule has 6 nitrogen and oxygen atoms in total. The number of hydrogen-bond acceptors (Lipinski definition) is 6. The molecule has 1 atom stereocenters. The Labute approximate surface area is 510 Å². The Morgan fingerprint density at radius 2 is 0.439 bits per heavy atom. The van der Waals surface area contributed by atoms with Crippen molar-refractivity contribution in [1.29, 1.82) is 0 Å². The number of carbonyl (C=O) groups is 3. The van der Waals surface area contributed by atoms with E-state index < -0.39 is 6.10 Å². The van der Waals surface area contributed by atoms with Crippen molar-refractivity contribution in [3.8, 4) is 0 Å². The SMILES string of the molecule is CCCCCC/C=C\C/C=C\CCCCCCCCCC(=O)OCC(COC(=O)CCCCCCCCCCCCC/C=C\C/C=C\CCCCCCC)OC(=O)CCCCCCCCCCCCC/C=C\CCCCCCCCCC. The van der Waals surface area contributed by atoms with Crippen LogP contribution < -0.4 is 0 Å². The zero-order valence-corrected chi connectivity index (χ0v) is 55.0. The quantitative estimate of drug-likeness (QED) is 0.0261. The van der Waals surface area contributed by atoms with Gasteiger partial charge in [-0.3, -0.25) is 14.4 Å². The fraction of sp³-hybridized carbons (Fsp3) is 0.829. The first kappa shape index (κ1) is 79.1. The number of ether oxygens (including phenoxy) is 3. The molecule has 0 aliphatic rings. The van der Waals surface area contributed by atoms with Crippen LogP contribution in [0.3, 0.4) is 0 Å². The van der Waals surface area contributed by atoms with Crippen molar-refractivity contribution in [2.45, 2.75) is 393 Å². The number of allylic oxidation sites excluding steroid dienone is 10. The van der Waals surface area contributed by atoms with E-state index in [9.17, 15) is 14.4 Å². The van der Waals surface area contributed by atoms with E-state index in [4.69, 9.17) is 14.2 Å². The molecule has 0 bridgehead atoms. The molecule has 0 aliphatic heterocycles. The second-order valence-corrected chi connectivity index (χ2v) is 24.5. The minimum Gasteiger partial charge on any atom is -0.462 e. The molecule has 0 saturated carbocycles. The Balaban J connectivity index is 4.34. The lowest BCUT2D eigenvalue weighted by Gasteiger charge is -2.18. The van der Waals surface area contributed by atoms with Crippen molar-refractivity contribution < 1.29 is 28.6 Å². The summed E-state index contributed by atoms with van der Waals surface area (Å²) in [4.78, 5) is 38.5. The maximum absolute atomic E-state index is 13.0. The first-order valence-electron chi connectivity index (χ1n) is 36.3. The van der Waals surface area contributed by atoms with Gasteiger partial charge in [-0.2, -0.15) is 0 Å². The average molecular weight is 1150 g/mol. The predicted octanol–water partition coefficient (Wildman–Crippen LogP) is 25.1. The molecule has 6 heteroatoms. The topological polar surface area (TPSA) is 78.9 Å². The van der Waals surface area contributed by atoms with Crippen LogP contribution in [0.1, 0.15) is 387 Å². The van der Waals surface area contributed by atoms with Crippen LogP contribution in [-0.4, -0.2) is 37.2 Å². The molecule has 0 amide bonds. The van der Waals surface area contributed by atoms with Crippen LogP contribution in [0.2, 0.25) is 0 Å². The Kier molecular flexibility index (Phi) is 68.1. The highest BCUT2D eigenvalue weighted by Crippen LogP contribution is 2.18. The predicted molar refractivity (Wildman–Crippen MR) is 358 cm³/mol. The van der Waals surface area contributed by atoms with E-state index in [0.717, 1.165) is 77.0 Å². The second-order valence-electron chi connectivity index (χ2n) is 24.5. The molecule has 0 aromatic carbocycles. The molecule has 0 spiro atoms. The lowest BCUT2D eigenvalue weighted by atomic mass is 10.0. The van der Waals surface area contributed by atoms with Crippen molar-refractivity contribution in [2.24, 2.45) is 0 Å². The normalized spacial score (nSPS) is 12.4. The minimum absolute atomic E-state index is 0.0754. The summed E-state index contributed by atoms with van der Waals surface area (Å²) in [5.41, 5.74) is 0. The molecule has 0 rings (SSSR count). The molecule has 0 N–H and O–H groups in total. The summed E-state index contributed by atoms with van der Waals surface area (Å²) in [6.07, 6.45) is 91.0. The van der Waals surface area contributed by atoms with E-state index in [1.807, 2.05) is 0 Å². The minimum atomic E-state index is -0.781. The molecular formula is C76H138O6. The number of esters is 3. The summed E-state index contributed by atoms with van der Waals surface area (Å²) in [7, 11) is 0. The highest BCUT2D eigenvalue weighted by Gasteiger charge is 2.19. The Hall–Kier alpha value is -2.89. The lowest BCUT2D eigenvalue weighted by Crippen LogP contribution is -2.30. The van der Waals surface area contributed by atoms with Crippen LogP contribution in [0.25, 0.3) is 0 Å². The maximum atomic E-state index is 13.0. The number of unbranched alkanes of at least 4 members (excludes halogenated alkanes) is 46. The van der Waals surface area contributed by atoms with Gasteiger partial charge in [0, 0.05) is 19.3 Å². The molecular weight excluding hydrogens is 1010 g/mol. The fourth-order valence-corrected chi connectivity index (χ4v) is 10.7. The Morgan fingerprint density at radius 3 is 0.695 bits per heavy atom. The van der Waals surface area contributed by atoms with Gasteiger partial charge in [0.2, 0.25) is 0 Å². The molecule has 0 radical (unpaired) electrons. The Morgan fingerprint density at radius 1 is 0.244 bits per heavy atom. The van der Waals surface area contributed by atoms with Crippen molar-refractivity contribution in [2.75, 3.05) is 13.2 Å². The number of hydrogen-bond donors (Lipinski definition) is 0. The van der Waals surface area contributed by atoms with Crippen LogP contribution in [0, 0.1) is 0 Å². The van der Waals surface area contributed by atoms with Gasteiger partial charge in [0.15, 0.2) is 6.10 Å². The smallest absolute Gasteiger partial charge is 0.306 e. The summed E-state index contributed by atoms with van der Waals surface area (Å²) in [6.45, 7) is 6.67. The largest absolute Gasteiger partial charge is 0.462 e. The Bertz CT molecular complexity index is 1460. The standard InChI is InChI=1S/C76H138O6/c1-4-7-10-13-16-19-22-25-28-31-34-36-38-40-42-45-48-51-54-57-60-63-66-69-75(78)81-72-73(71-80-74(77)68-65-62-59-56-53-50-47-44-33-30-27-24-21-18-15-12-9-6-3)82-76(79)70-67-64-61-58-55-52-49-46-43-41-39-37-35-32-29-26-23-20-17-14-11-8-5-2/h21-22,24-25,30-35,73H,4-20,23,26-29,36-72H2,1-3H3/b24-21-,25-22-,33-30-,34-31-,35-32-. The monoisotopic (exact) mass is 1150 g/mol. The lowest BCUT2D eigenvalue weighted by molar-refractivity contribution is -0.167. The van der Waals surface area contributed by atoms with Gasteiger partial charge in [-0.05, 0) is 109 Å². The molecule has 0 aliphatic carbocycles. The summed E-state index contributed by atoms with van der Waals surface area (Å²) in [5, 5.41) is 0. The van der Waals surface area contributed by atoms with Crippen LogP contribution in [0.15, 0.2) is 60.8 Å². The molecule has 0 aromatic heterocycles. The van der Waals surface area contributed by atoms with E-state index >= 15 is 0 Å². The highest BCUT2D eigenvalue weighted by atomic mass is 16.6. The van der Waals surface area contributed by atoms with E-state index in [0.29, 0.717) is 19.3 Å². The van der Waals surface area contributed by atoms with Crippen LogP contribution in [0.4, 0.5) is 0 Å². The highest BCUT2D eigenvalue weighted by molar-refractivity contribution is 5.71. The van der Waals surface area contributed by atoms with E-state index in [1.165, 1.54) is 270 Å². The van der Waals surface area contributed by atoms with Gasteiger partial charge in [-0.25, -0.2) is 0 Å². The molecule has 0 aromatic rings. The van der Waals surface area contributed by atoms with Gasteiger partial charge in [-0.1, -0.05) is 319 Å². The summed E-state index contributed by atoms with van der Waals surface area (Å²) in [5.74, 6) is -0.861. The third-order valence-corrected chi connectivity index (χ3v) is 16.2. The van der Waals surface area contributed by atoms with Crippen LogP contribution >= 0.6 is 0 Å². The third-order valence-electron chi connectivity index (χ3n) is 16.2. The molecule has 0 saturated heterocycles. The molecule has 0 heterocycles. The molecule has 478 valence electrons. The summed E-state index contributed by atoms with van der Waals surface area (Å²) < 4.78 is 17.0. The number of rotatable bonds is 67. The molecule has 0 fully saturated rings. The van der Waals surface area contributed by atoms with Gasteiger partial charge < -0.3 is 14.2 Å². The third kappa shape index (κ3) is 67.9. The van der Waals surface area contributed by atoms with E-state index in [2.05, 4.69) is 81.5 Å². The molecule has 82 heavy (non-hydrogen) atoms. The summed E-state index contributed by atoms with van der Waals surface area (Å²) >= 11 is 0. The van der Waals surface area contributed by atoms with Crippen molar-refractivity contribution in [1.82, 2.24) is 0 Å². The zero-order chi connectivity index (χ0) is 59.2. The zero-order valence-electron chi connectivity index (χ0n) is 55.0. The van der Waals surface area contributed by atoms with E-state index in [1.54, 1.807) is 0 Å². The average Bonchev–Trinajstić information content (AvgIpc) is 3.47. The molecule has 1 unspecified atom stereocenters. The first-order chi connectivity index (χ1) is 40.5. The van der Waals surface area contributed by atoms with Crippen molar-refractivity contribution in [3.05, 3.63) is 60.8 Å². The van der Waals surface area contributed by atoms with Crippen LogP contribution in [-0.2, 0) is 28.6 Å². The fourth-order valence-electron chi connectivity index (χ4n) is 10.7. The second kappa shape index (κ2) is 70.6.